The molecule has 0 unspecified atom stereocenters. The average Bonchev–Trinajstić information content (AvgIpc) is 2.82. The fourth-order valence-corrected chi connectivity index (χ4v) is 2.02. The lowest BCUT2D eigenvalue weighted by molar-refractivity contribution is 0.559. The normalized spacial score (nSPS) is 11.8. The van der Waals surface area contributed by atoms with Gasteiger partial charge < -0.3 is 10.2 Å². The number of sulfonamides is 1. The molecule has 6 nitrogen and oxygen atoms in total. The maximum Gasteiger partial charge on any atom is 0.276 e. The molecule has 94 valence electrons. The molecule has 2 aromatic rings. The summed E-state index contributed by atoms with van der Waals surface area (Å²) in [6, 6.07) is 9.15. The van der Waals surface area contributed by atoms with E-state index in [9.17, 15) is 8.42 Å². The minimum Gasteiger partial charge on any atom is -0.463 e. The summed E-state index contributed by atoms with van der Waals surface area (Å²) in [6.07, 6.45) is 2.74. The summed E-state index contributed by atoms with van der Waals surface area (Å²) in [5.74, 6) is 0.454. The van der Waals surface area contributed by atoms with Crippen molar-refractivity contribution >= 4 is 21.9 Å². The van der Waals surface area contributed by atoms with Crippen LogP contribution in [0.4, 0.5) is 5.69 Å². The Morgan fingerprint density at radius 2 is 1.94 bits per heavy atom. The topological polar surface area (TPSA) is 97.7 Å². The molecule has 0 spiro atoms. The molecule has 2 rings (SSSR count). The van der Waals surface area contributed by atoms with Gasteiger partial charge in [-0.3, -0.25) is 0 Å². The largest absolute Gasteiger partial charge is 0.463 e. The lowest BCUT2D eigenvalue weighted by Crippen LogP contribution is -2.18. The minimum absolute atomic E-state index is 0.0910. The molecule has 1 aromatic heterocycles. The second kappa shape index (κ2) is 4.92. The number of furan rings is 1. The molecule has 18 heavy (non-hydrogen) atoms. The number of nitrogens with one attached hydrogen (secondary N) is 1. The van der Waals surface area contributed by atoms with Crippen molar-refractivity contribution in [2.24, 2.45) is 5.10 Å². The van der Waals surface area contributed by atoms with Gasteiger partial charge in [-0.1, -0.05) is 0 Å². The van der Waals surface area contributed by atoms with E-state index in [2.05, 4.69) is 9.93 Å². The van der Waals surface area contributed by atoms with Crippen molar-refractivity contribution in [3.8, 4) is 0 Å². The monoisotopic (exact) mass is 265 g/mol. The quantitative estimate of drug-likeness (QED) is 0.492. The Hall–Kier alpha value is -2.28. The van der Waals surface area contributed by atoms with Crippen LogP contribution < -0.4 is 10.6 Å². The Kier molecular flexibility index (Phi) is 3.33. The SMILES string of the molecule is Nc1ccc(S(=O)(=O)N/N=C/c2ccco2)cc1. The van der Waals surface area contributed by atoms with Gasteiger partial charge in [-0.2, -0.15) is 18.4 Å². The van der Waals surface area contributed by atoms with E-state index in [1.807, 2.05) is 0 Å². The van der Waals surface area contributed by atoms with Crippen LogP contribution in [0.25, 0.3) is 0 Å². The van der Waals surface area contributed by atoms with Crippen LogP contribution in [0.1, 0.15) is 5.76 Å². The molecule has 7 heteroatoms. The summed E-state index contributed by atoms with van der Waals surface area (Å²) in [5, 5.41) is 3.60. The van der Waals surface area contributed by atoms with Gasteiger partial charge in [-0.25, -0.2) is 0 Å². The van der Waals surface area contributed by atoms with Crippen LogP contribution in [-0.2, 0) is 10.0 Å². The third-order valence-corrected chi connectivity index (χ3v) is 3.34. The first kappa shape index (κ1) is 12.2. The predicted octanol–water partition coefficient (Wildman–Crippen LogP) is 1.17. The molecule has 1 heterocycles. The van der Waals surface area contributed by atoms with Crippen LogP contribution >= 0.6 is 0 Å². The second-order valence-corrected chi connectivity index (χ2v) is 5.10. The Balaban J connectivity index is 2.10. The van der Waals surface area contributed by atoms with E-state index in [-0.39, 0.29) is 4.90 Å². The molecule has 0 saturated heterocycles. The number of nitrogen functional groups attached to an aromatic ring is 1. The number of benzene rings is 1. The average molecular weight is 265 g/mol. The Labute approximate surface area is 104 Å². The first-order chi connectivity index (χ1) is 8.58. The summed E-state index contributed by atoms with van der Waals surface area (Å²) in [7, 11) is -3.68. The van der Waals surface area contributed by atoms with Crippen molar-refractivity contribution < 1.29 is 12.8 Å². The lowest BCUT2D eigenvalue weighted by atomic mass is 10.3. The molecular formula is C11H11N3O3S. The zero-order valence-electron chi connectivity index (χ0n) is 9.28. The van der Waals surface area contributed by atoms with E-state index < -0.39 is 10.0 Å². The standard InChI is InChI=1S/C11H11N3O3S/c12-9-3-5-11(6-4-9)18(15,16)14-13-8-10-2-1-7-17-10/h1-8,14H,12H2/b13-8+. The molecule has 0 atom stereocenters. The van der Waals surface area contributed by atoms with Crippen LogP contribution in [0.15, 0.2) is 57.1 Å². The summed E-state index contributed by atoms with van der Waals surface area (Å²) in [5.41, 5.74) is 5.97. The van der Waals surface area contributed by atoms with Gasteiger partial charge in [0.1, 0.15) is 5.76 Å². The van der Waals surface area contributed by atoms with Crippen LogP contribution in [-0.4, -0.2) is 14.6 Å². The van der Waals surface area contributed by atoms with Crippen molar-refractivity contribution in [2.75, 3.05) is 5.73 Å². The first-order valence-electron chi connectivity index (χ1n) is 5.02. The number of hydrazone groups is 1. The molecule has 0 bridgehead atoms. The van der Waals surface area contributed by atoms with Crippen LogP contribution in [0.2, 0.25) is 0 Å². The molecule has 0 aliphatic rings. The zero-order valence-corrected chi connectivity index (χ0v) is 10.1. The van der Waals surface area contributed by atoms with Crippen LogP contribution in [0, 0.1) is 0 Å². The molecule has 3 N–H and O–H groups in total. The van der Waals surface area contributed by atoms with E-state index in [4.69, 9.17) is 10.2 Å². The van der Waals surface area contributed by atoms with Gasteiger partial charge in [-0.05, 0) is 36.4 Å². The summed E-state index contributed by atoms with van der Waals surface area (Å²) in [4.78, 5) is 2.16. The van der Waals surface area contributed by atoms with Crippen molar-refractivity contribution in [1.82, 2.24) is 4.83 Å². The predicted molar refractivity (Wildman–Crippen MR) is 67.5 cm³/mol. The maximum absolute atomic E-state index is 11.8. The maximum atomic E-state index is 11.8. The molecule has 0 fully saturated rings. The summed E-state index contributed by atoms with van der Waals surface area (Å²) >= 11 is 0. The third kappa shape index (κ3) is 2.89. The molecule has 0 aliphatic heterocycles. The van der Waals surface area contributed by atoms with Gasteiger partial charge in [0.15, 0.2) is 0 Å². The van der Waals surface area contributed by atoms with Gasteiger partial charge in [0.25, 0.3) is 10.0 Å². The van der Waals surface area contributed by atoms with Crippen molar-refractivity contribution in [1.29, 1.82) is 0 Å². The zero-order chi connectivity index (χ0) is 13.0. The van der Waals surface area contributed by atoms with Crippen molar-refractivity contribution in [3.63, 3.8) is 0 Å². The van der Waals surface area contributed by atoms with E-state index in [1.165, 1.54) is 36.7 Å². The third-order valence-electron chi connectivity index (χ3n) is 2.10. The van der Waals surface area contributed by atoms with Gasteiger partial charge in [0, 0.05) is 5.69 Å². The van der Waals surface area contributed by atoms with Crippen molar-refractivity contribution in [3.05, 3.63) is 48.4 Å². The first-order valence-corrected chi connectivity index (χ1v) is 6.50. The van der Waals surface area contributed by atoms with Gasteiger partial charge in [-0.15, -0.1) is 0 Å². The van der Waals surface area contributed by atoms with Crippen LogP contribution in [0.5, 0.6) is 0 Å². The molecule has 0 amide bonds. The Morgan fingerprint density at radius 3 is 2.56 bits per heavy atom. The minimum atomic E-state index is -3.68. The van der Waals surface area contributed by atoms with Gasteiger partial charge >= 0.3 is 0 Å². The highest BCUT2D eigenvalue weighted by molar-refractivity contribution is 7.89. The van der Waals surface area contributed by atoms with E-state index in [0.717, 1.165) is 0 Å². The number of rotatable bonds is 4. The van der Waals surface area contributed by atoms with Crippen molar-refractivity contribution in [2.45, 2.75) is 4.90 Å². The van der Waals surface area contributed by atoms with Gasteiger partial charge in [0.05, 0.1) is 17.4 Å². The van der Waals surface area contributed by atoms with Crippen LogP contribution in [0.3, 0.4) is 0 Å². The fraction of sp³-hybridized carbons (Fsp3) is 0. The molecular weight excluding hydrogens is 254 g/mol. The number of anilines is 1. The second-order valence-electron chi connectivity index (χ2n) is 3.44. The number of hydrogen-bond acceptors (Lipinski definition) is 5. The smallest absolute Gasteiger partial charge is 0.276 e. The molecule has 1 aromatic carbocycles. The van der Waals surface area contributed by atoms with E-state index in [1.54, 1.807) is 12.1 Å². The number of hydrogen-bond donors (Lipinski definition) is 2. The molecule has 0 saturated carbocycles. The highest BCUT2D eigenvalue weighted by atomic mass is 32.2. The van der Waals surface area contributed by atoms with Gasteiger partial charge in [0.2, 0.25) is 0 Å². The highest BCUT2D eigenvalue weighted by Crippen LogP contribution is 2.11. The summed E-state index contributed by atoms with van der Waals surface area (Å²) in [6.45, 7) is 0. The lowest BCUT2D eigenvalue weighted by Gasteiger charge is -2.02. The fourth-order valence-electron chi connectivity index (χ4n) is 1.22. The molecule has 0 aliphatic carbocycles. The Bertz CT molecular complexity index is 631. The Morgan fingerprint density at radius 1 is 1.22 bits per heavy atom. The van der Waals surface area contributed by atoms with E-state index in [0.29, 0.717) is 11.4 Å². The summed E-state index contributed by atoms with van der Waals surface area (Å²) < 4.78 is 28.5. The molecule has 0 radical (unpaired) electrons. The number of nitrogens with two attached hydrogens (primary N) is 1. The van der Waals surface area contributed by atoms with E-state index >= 15 is 0 Å². The number of nitrogens with zero attached hydrogens (tertiary/aromatic N) is 1. The highest BCUT2D eigenvalue weighted by Gasteiger charge is 2.11.